The Balaban J connectivity index is 2.35. The molecule has 0 radical (unpaired) electrons. The minimum absolute atomic E-state index is 0.0713. The molecule has 6 nitrogen and oxygen atoms in total. The molecule has 1 N–H and O–H groups in total. The van der Waals surface area contributed by atoms with Crippen LogP contribution in [0.4, 0.5) is 4.79 Å². The van der Waals surface area contributed by atoms with Crippen LogP contribution in [0.25, 0.3) is 0 Å². The molecule has 6 heteroatoms. The van der Waals surface area contributed by atoms with Gasteiger partial charge in [-0.1, -0.05) is 0 Å². The fourth-order valence-corrected chi connectivity index (χ4v) is 1.53. The van der Waals surface area contributed by atoms with Gasteiger partial charge in [-0.05, 0) is 7.05 Å². The van der Waals surface area contributed by atoms with Crippen LogP contribution in [0, 0.1) is 0 Å². The summed E-state index contributed by atoms with van der Waals surface area (Å²) < 4.78 is 4.60. The van der Waals surface area contributed by atoms with Gasteiger partial charge in [0.15, 0.2) is 0 Å². The Morgan fingerprint density at radius 3 is 2.20 bits per heavy atom. The number of nitrogens with one attached hydrogen (secondary N) is 1. The van der Waals surface area contributed by atoms with E-state index in [1.165, 1.54) is 7.11 Å². The summed E-state index contributed by atoms with van der Waals surface area (Å²) >= 11 is 0. The first-order chi connectivity index (χ1) is 7.19. The average molecular weight is 215 g/mol. The molecular formula is C9H17N3O3. The van der Waals surface area contributed by atoms with E-state index >= 15 is 0 Å². The van der Waals surface area contributed by atoms with E-state index < -0.39 is 0 Å². The summed E-state index contributed by atoms with van der Waals surface area (Å²) in [5, 5.41) is 2.81. The lowest BCUT2D eigenvalue weighted by Gasteiger charge is -2.33. The number of ether oxygens (including phenoxy) is 1. The standard InChI is InChI=1S/C9H17N3O3/c1-10-7-8(13)11-3-5-12(6-4-11)9(14)15-2/h10H,3-7H2,1-2H3. The molecular weight excluding hydrogens is 198 g/mol. The van der Waals surface area contributed by atoms with Gasteiger partial charge in [0.25, 0.3) is 0 Å². The van der Waals surface area contributed by atoms with Gasteiger partial charge in [0.05, 0.1) is 13.7 Å². The van der Waals surface area contributed by atoms with Crippen LogP contribution in [0.5, 0.6) is 0 Å². The highest BCUT2D eigenvalue weighted by atomic mass is 16.5. The van der Waals surface area contributed by atoms with Gasteiger partial charge in [-0.15, -0.1) is 0 Å². The zero-order chi connectivity index (χ0) is 11.3. The van der Waals surface area contributed by atoms with Crippen LogP contribution in [0.3, 0.4) is 0 Å². The maximum Gasteiger partial charge on any atom is 0.409 e. The van der Waals surface area contributed by atoms with Crippen LogP contribution in [-0.2, 0) is 9.53 Å². The van der Waals surface area contributed by atoms with Crippen molar-refractivity contribution in [3.05, 3.63) is 0 Å². The SMILES string of the molecule is CNCC(=O)N1CCN(C(=O)OC)CC1. The lowest BCUT2D eigenvalue weighted by molar-refractivity contribution is -0.131. The van der Waals surface area contributed by atoms with Crippen LogP contribution in [-0.4, -0.2) is 68.7 Å². The van der Waals surface area contributed by atoms with Gasteiger partial charge in [0.1, 0.15) is 0 Å². The third-order valence-corrected chi connectivity index (χ3v) is 2.39. The molecule has 0 aromatic heterocycles. The third kappa shape index (κ3) is 3.09. The van der Waals surface area contributed by atoms with Crippen molar-refractivity contribution in [2.24, 2.45) is 0 Å². The highest BCUT2D eigenvalue weighted by Gasteiger charge is 2.23. The lowest BCUT2D eigenvalue weighted by atomic mass is 10.3. The summed E-state index contributed by atoms with van der Waals surface area (Å²) in [5.41, 5.74) is 0. The van der Waals surface area contributed by atoms with E-state index in [1.807, 2.05) is 0 Å². The number of carbonyl (C=O) groups excluding carboxylic acids is 2. The molecule has 0 aromatic rings. The van der Waals surface area contributed by atoms with E-state index in [9.17, 15) is 9.59 Å². The number of carbonyl (C=O) groups is 2. The number of likely N-dealkylation sites (N-methyl/N-ethyl adjacent to an activating group) is 1. The molecule has 0 aliphatic carbocycles. The molecule has 0 atom stereocenters. The van der Waals surface area contributed by atoms with Crippen LogP contribution < -0.4 is 5.32 Å². The Labute approximate surface area is 89.2 Å². The zero-order valence-electron chi connectivity index (χ0n) is 9.15. The molecule has 1 aliphatic rings. The predicted molar refractivity (Wildman–Crippen MR) is 54.5 cm³/mol. The summed E-state index contributed by atoms with van der Waals surface area (Å²) in [4.78, 5) is 26.0. The number of hydrogen-bond acceptors (Lipinski definition) is 4. The largest absolute Gasteiger partial charge is 0.453 e. The van der Waals surface area contributed by atoms with Gasteiger partial charge in [0.2, 0.25) is 5.91 Å². The molecule has 1 rings (SSSR count). The van der Waals surface area contributed by atoms with E-state index in [2.05, 4.69) is 10.1 Å². The summed E-state index contributed by atoms with van der Waals surface area (Å²) in [6, 6.07) is 0. The number of amides is 2. The Morgan fingerprint density at radius 1 is 1.20 bits per heavy atom. The maximum atomic E-state index is 11.5. The monoisotopic (exact) mass is 215 g/mol. The normalized spacial score (nSPS) is 16.4. The zero-order valence-corrected chi connectivity index (χ0v) is 9.15. The molecule has 0 bridgehead atoms. The smallest absolute Gasteiger partial charge is 0.409 e. The van der Waals surface area contributed by atoms with E-state index in [0.717, 1.165) is 0 Å². The first-order valence-electron chi connectivity index (χ1n) is 4.94. The van der Waals surface area contributed by atoms with Gasteiger partial charge < -0.3 is 19.9 Å². The van der Waals surface area contributed by atoms with Crippen LogP contribution in [0.15, 0.2) is 0 Å². The quantitative estimate of drug-likeness (QED) is 0.649. The first kappa shape index (κ1) is 11.8. The van der Waals surface area contributed by atoms with Crippen LogP contribution >= 0.6 is 0 Å². The Kier molecular flexibility index (Phi) is 4.36. The van der Waals surface area contributed by atoms with Crippen molar-refractivity contribution in [2.45, 2.75) is 0 Å². The van der Waals surface area contributed by atoms with Crippen molar-refractivity contribution < 1.29 is 14.3 Å². The second kappa shape index (κ2) is 5.55. The molecule has 0 unspecified atom stereocenters. The minimum atomic E-state index is -0.323. The molecule has 1 fully saturated rings. The Hall–Kier alpha value is -1.30. The molecule has 1 saturated heterocycles. The van der Waals surface area contributed by atoms with Crippen LogP contribution in [0.1, 0.15) is 0 Å². The number of hydrogen-bond donors (Lipinski definition) is 1. The fourth-order valence-electron chi connectivity index (χ4n) is 1.53. The van der Waals surface area contributed by atoms with E-state index in [-0.39, 0.29) is 12.0 Å². The highest BCUT2D eigenvalue weighted by Crippen LogP contribution is 2.03. The molecule has 2 amide bonds. The first-order valence-corrected chi connectivity index (χ1v) is 4.94. The molecule has 0 spiro atoms. The molecule has 86 valence electrons. The van der Waals surface area contributed by atoms with Crippen molar-refractivity contribution in [1.82, 2.24) is 15.1 Å². The van der Waals surface area contributed by atoms with Gasteiger partial charge in [0, 0.05) is 26.2 Å². The van der Waals surface area contributed by atoms with Gasteiger partial charge in [-0.2, -0.15) is 0 Å². The van der Waals surface area contributed by atoms with E-state index in [0.29, 0.717) is 32.7 Å². The topological polar surface area (TPSA) is 61.9 Å². The Bertz CT molecular complexity index is 237. The predicted octanol–water partition coefficient (Wildman–Crippen LogP) is -0.884. The second-order valence-corrected chi connectivity index (χ2v) is 3.37. The molecule has 1 aliphatic heterocycles. The van der Waals surface area contributed by atoms with Crippen molar-refractivity contribution in [1.29, 1.82) is 0 Å². The summed E-state index contributed by atoms with van der Waals surface area (Å²) in [7, 11) is 3.10. The fraction of sp³-hybridized carbons (Fsp3) is 0.778. The number of rotatable bonds is 2. The van der Waals surface area contributed by atoms with Crippen molar-refractivity contribution in [3.8, 4) is 0 Å². The summed E-state index contributed by atoms with van der Waals surface area (Å²) in [6.45, 7) is 2.59. The molecule has 0 saturated carbocycles. The second-order valence-electron chi connectivity index (χ2n) is 3.37. The summed E-state index contributed by atoms with van der Waals surface area (Å²) in [6.07, 6.45) is -0.323. The van der Waals surface area contributed by atoms with Crippen LogP contribution in [0.2, 0.25) is 0 Å². The maximum absolute atomic E-state index is 11.5. The Morgan fingerprint density at radius 2 is 1.73 bits per heavy atom. The molecule has 15 heavy (non-hydrogen) atoms. The molecule has 0 aromatic carbocycles. The highest BCUT2D eigenvalue weighted by molar-refractivity contribution is 5.78. The van der Waals surface area contributed by atoms with Crippen molar-refractivity contribution >= 4 is 12.0 Å². The van der Waals surface area contributed by atoms with Crippen molar-refractivity contribution in [2.75, 3.05) is 46.9 Å². The summed E-state index contributed by atoms with van der Waals surface area (Å²) in [5.74, 6) is 0.0713. The van der Waals surface area contributed by atoms with Gasteiger partial charge >= 0.3 is 6.09 Å². The van der Waals surface area contributed by atoms with Crippen molar-refractivity contribution in [3.63, 3.8) is 0 Å². The number of methoxy groups -OCH3 is 1. The van der Waals surface area contributed by atoms with Gasteiger partial charge in [-0.3, -0.25) is 4.79 Å². The third-order valence-electron chi connectivity index (χ3n) is 2.39. The minimum Gasteiger partial charge on any atom is -0.453 e. The average Bonchev–Trinajstić information content (AvgIpc) is 2.28. The molecule has 1 heterocycles. The van der Waals surface area contributed by atoms with E-state index in [4.69, 9.17) is 0 Å². The number of nitrogens with zero attached hydrogens (tertiary/aromatic N) is 2. The lowest BCUT2D eigenvalue weighted by Crippen LogP contribution is -2.52. The van der Waals surface area contributed by atoms with Gasteiger partial charge in [-0.25, -0.2) is 4.79 Å². The number of piperazine rings is 1. The van der Waals surface area contributed by atoms with E-state index in [1.54, 1.807) is 16.8 Å².